The number of piperazine rings is 1. The minimum Gasteiger partial charge on any atom is -0.368 e. The first-order chi connectivity index (χ1) is 8.52. The summed E-state index contributed by atoms with van der Waals surface area (Å²) in [6.07, 6.45) is 1.27. The van der Waals surface area contributed by atoms with Crippen LogP contribution in [0.25, 0.3) is 0 Å². The zero-order valence-electron chi connectivity index (χ0n) is 11.0. The van der Waals surface area contributed by atoms with Crippen molar-refractivity contribution in [2.75, 3.05) is 43.9 Å². The van der Waals surface area contributed by atoms with Crippen LogP contribution in [-0.2, 0) is 9.84 Å². The van der Waals surface area contributed by atoms with Crippen LogP contribution in [0.5, 0.6) is 0 Å². The number of para-hydroxylation sites is 1. The van der Waals surface area contributed by atoms with Gasteiger partial charge in [0.25, 0.3) is 0 Å². The second-order valence-corrected chi connectivity index (χ2v) is 6.65. The molecule has 0 aliphatic carbocycles. The molecule has 1 saturated heterocycles. The van der Waals surface area contributed by atoms with Crippen molar-refractivity contribution < 1.29 is 8.42 Å². The number of nitrogens with zero attached hydrogens (tertiary/aromatic N) is 2. The highest BCUT2D eigenvalue weighted by molar-refractivity contribution is 7.90. The molecule has 100 valence electrons. The van der Waals surface area contributed by atoms with Gasteiger partial charge in [-0.15, -0.1) is 0 Å². The summed E-state index contributed by atoms with van der Waals surface area (Å²) in [7, 11) is -3.16. The zero-order chi connectivity index (χ0) is 13.2. The Balaban J connectivity index is 2.25. The van der Waals surface area contributed by atoms with Crippen LogP contribution in [0.15, 0.2) is 29.2 Å². The van der Waals surface area contributed by atoms with E-state index in [4.69, 9.17) is 0 Å². The van der Waals surface area contributed by atoms with E-state index in [9.17, 15) is 8.42 Å². The van der Waals surface area contributed by atoms with Gasteiger partial charge in [-0.05, 0) is 18.7 Å². The maximum atomic E-state index is 11.8. The van der Waals surface area contributed by atoms with Crippen molar-refractivity contribution in [3.63, 3.8) is 0 Å². The van der Waals surface area contributed by atoms with Crippen molar-refractivity contribution in [1.29, 1.82) is 0 Å². The lowest BCUT2D eigenvalue weighted by Crippen LogP contribution is -2.46. The molecule has 5 heteroatoms. The molecule has 0 unspecified atom stereocenters. The van der Waals surface area contributed by atoms with Gasteiger partial charge in [-0.3, -0.25) is 0 Å². The quantitative estimate of drug-likeness (QED) is 0.827. The minimum atomic E-state index is -3.16. The highest BCUT2D eigenvalue weighted by atomic mass is 32.2. The van der Waals surface area contributed by atoms with Gasteiger partial charge in [0.1, 0.15) is 0 Å². The minimum absolute atomic E-state index is 0.440. The smallest absolute Gasteiger partial charge is 0.177 e. The average molecular weight is 268 g/mol. The summed E-state index contributed by atoms with van der Waals surface area (Å²) in [5, 5.41) is 0. The third kappa shape index (κ3) is 2.84. The predicted molar refractivity (Wildman–Crippen MR) is 73.9 cm³/mol. The number of sulfone groups is 1. The first-order valence-electron chi connectivity index (χ1n) is 6.28. The van der Waals surface area contributed by atoms with Crippen molar-refractivity contribution in [2.24, 2.45) is 0 Å². The summed E-state index contributed by atoms with van der Waals surface area (Å²) in [5.41, 5.74) is 0.843. The van der Waals surface area contributed by atoms with E-state index >= 15 is 0 Å². The van der Waals surface area contributed by atoms with Crippen LogP contribution in [-0.4, -0.2) is 52.3 Å². The van der Waals surface area contributed by atoms with Crippen LogP contribution < -0.4 is 4.90 Å². The lowest BCUT2D eigenvalue weighted by atomic mass is 10.2. The van der Waals surface area contributed by atoms with Gasteiger partial charge in [0.15, 0.2) is 9.84 Å². The van der Waals surface area contributed by atoms with Crippen LogP contribution in [0.3, 0.4) is 0 Å². The first kappa shape index (κ1) is 13.4. The van der Waals surface area contributed by atoms with E-state index < -0.39 is 9.84 Å². The lowest BCUT2D eigenvalue weighted by Gasteiger charge is -2.36. The van der Waals surface area contributed by atoms with Gasteiger partial charge in [-0.2, -0.15) is 0 Å². The van der Waals surface area contributed by atoms with Crippen LogP contribution in [0.2, 0.25) is 0 Å². The molecule has 0 amide bonds. The Morgan fingerprint density at radius 2 is 1.72 bits per heavy atom. The first-order valence-corrected chi connectivity index (χ1v) is 8.18. The zero-order valence-corrected chi connectivity index (χ0v) is 11.8. The van der Waals surface area contributed by atoms with E-state index in [0.29, 0.717) is 4.90 Å². The standard InChI is InChI=1S/C13H20N2O2S/c1-3-14-8-10-15(11-9-14)12-6-4-5-7-13(12)18(2,16)17/h4-7H,3,8-11H2,1-2H3. The highest BCUT2D eigenvalue weighted by Gasteiger charge is 2.21. The van der Waals surface area contributed by atoms with Crippen LogP contribution in [0.4, 0.5) is 5.69 Å². The van der Waals surface area contributed by atoms with Crippen molar-refractivity contribution >= 4 is 15.5 Å². The van der Waals surface area contributed by atoms with E-state index in [-0.39, 0.29) is 0 Å². The number of hydrogen-bond acceptors (Lipinski definition) is 4. The van der Waals surface area contributed by atoms with Crippen LogP contribution >= 0.6 is 0 Å². The maximum Gasteiger partial charge on any atom is 0.177 e. The summed E-state index contributed by atoms with van der Waals surface area (Å²) in [4.78, 5) is 4.98. The lowest BCUT2D eigenvalue weighted by molar-refractivity contribution is 0.271. The second-order valence-electron chi connectivity index (χ2n) is 4.66. The topological polar surface area (TPSA) is 40.6 Å². The van der Waals surface area contributed by atoms with Crippen molar-refractivity contribution in [2.45, 2.75) is 11.8 Å². The van der Waals surface area contributed by atoms with E-state index in [1.807, 2.05) is 12.1 Å². The number of hydrogen-bond donors (Lipinski definition) is 0. The largest absolute Gasteiger partial charge is 0.368 e. The molecule has 1 aromatic carbocycles. The van der Waals surface area contributed by atoms with Gasteiger partial charge in [0.2, 0.25) is 0 Å². The fraction of sp³-hybridized carbons (Fsp3) is 0.538. The van der Waals surface area contributed by atoms with Gasteiger partial charge in [-0.25, -0.2) is 8.42 Å². The molecule has 1 aliphatic rings. The summed E-state index contributed by atoms with van der Waals surface area (Å²) in [5.74, 6) is 0. The molecule has 0 spiro atoms. The second kappa shape index (κ2) is 5.28. The Kier molecular flexibility index (Phi) is 3.92. The molecular formula is C13H20N2O2S. The Labute approximate surface area is 109 Å². The van der Waals surface area contributed by atoms with Gasteiger partial charge < -0.3 is 9.80 Å². The summed E-state index contributed by atoms with van der Waals surface area (Å²) >= 11 is 0. The van der Waals surface area contributed by atoms with E-state index in [2.05, 4.69) is 16.7 Å². The van der Waals surface area contributed by atoms with Gasteiger partial charge in [-0.1, -0.05) is 19.1 Å². The van der Waals surface area contributed by atoms with Gasteiger partial charge in [0.05, 0.1) is 10.6 Å². The molecule has 0 saturated carbocycles. The van der Waals surface area contributed by atoms with E-state index in [1.165, 1.54) is 6.26 Å². The molecule has 1 fully saturated rings. The molecule has 18 heavy (non-hydrogen) atoms. The van der Waals surface area contributed by atoms with E-state index in [1.54, 1.807) is 12.1 Å². The fourth-order valence-corrected chi connectivity index (χ4v) is 3.24. The number of anilines is 1. The number of likely N-dealkylation sites (N-methyl/N-ethyl adjacent to an activating group) is 1. The summed E-state index contributed by atoms with van der Waals surface area (Å²) < 4.78 is 23.6. The number of rotatable bonds is 3. The molecule has 1 heterocycles. The molecule has 0 aromatic heterocycles. The van der Waals surface area contributed by atoms with Crippen molar-refractivity contribution in [3.05, 3.63) is 24.3 Å². The van der Waals surface area contributed by atoms with Crippen LogP contribution in [0, 0.1) is 0 Å². The molecular weight excluding hydrogens is 248 g/mol. The molecule has 1 aromatic rings. The molecule has 4 nitrogen and oxygen atoms in total. The van der Waals surface area contributed by atoms with Crippen molar-refractivity contribution in [3.8, 4) is 0 Å². The number of benzene rings is 1. The molecule has 0 bridgehead atoms. The molecule has 0 atom stereocenters. The molecule has 1 aliphatic heterocycles. The summed E-state index contributed by atoms with van der Waals surface area (Å²) in [6, 6.07) is 7.27. The Hall–Kier alpha value is -1.07. The normalized spacial score (nSPS) is 18.0. The Morgan fingerprint density at radius 3 is 2.28 bits per heavy atom. The Morgan fingerprint density at radius 1 is 1.11 bits per heavy atom. The average Bonchev–Trinajstić information content (AvgIpc) is 2.38. The van der Waals surface area contributed by atoms with Crippen LogP contribution in [0.1, 0.15) is 6.92 Å². The predicted octanol–water partition coefficient (Wildman–Crippen LogP) is 1.23. The molecule has 2 rings (SSSR count). The Bertz CT molecular complexity index is 505. The van der Waals surface area contributed by atoms with Gasteiger partial charge in [0, 0.05) is 32.4 Å². The van der Waals surface area contributed by atoms with E-state index in [0.717, 1.165) is 38.4 Å². The SMILES string of the molecule is CCN1CCN(c2ccccc2S(C)(=O)=O)CC1. The maximum absolute atomic E-state index is 11.8. The fourth-order valence-electron chi connectivity index (χ4n) is 2.34. The molecule has 0 radical (unpaired) electrons. The van der Waals surface area contributed by atoms with Crippen molar-refractivity contribution in [1.82, 2.24) is 4.90 Å². The summed E-state index contributed by atoms with van der Waals surface area (Å²) in [6.45, 7) is 6.98. The third-order valence-electron chi connectivity index (χ3n) is 3.42. The molecule has 0 N–H and O–H groups in total. The third-order valence-corrected chi connectivity index (χ3v) is 4.57. The monoisotopic (exact) mass is 268 g/mol. The van der Waals surface area contributed by atoms with Gasteiger partial charge >= 0.3 is 0 Å². The highest BCUT2D eigenvalue weighted by Crippen LogP contribution is 2.25.